The van der Waals surface area contributed by atoms with Crippen molar-refractivity contribution in [3.05, 3.63) is 60.2 Å². The molecule has 4 rings (SSSR count). The average Bonchev–Trinajstić information content (AvgIpc) is 3.30. The summed E-state index contributed by atoms with van der Waals surface area (Å²) in [5.74, 6) is 0.873. The lowest BCUT2D eigenvalue weighted by atomic mass is 10.0. The molecule has 3 N–H and O–H groups in total. The monoisotopic (exact) mass is 334 g/mol. The Hall–Kier alpha value is -2.79. The minimum absolute atomic E-state index is 0.101. The fourth-order valence-corrected chi connectivity index (χ4v) is 3.38. The van der Waals surface area contributed by atoms with Crippen LogP contribution >= 0.6 is 0 Å². The molecular weight excluding hydrogens is 312 g/mol. The van der Waals surface area contributed by atoms with E-state index in [1.54, 1.807) is 0 Å². The maximum Gasteiger partial charge on any atom is 0.194 e. The number of guanidine groups is 1. The summed E-state index contributed by atoms with van der Waals surface area (Å²) in [6.07, 6.45) is 0. The second kappa shape index (κ2) is 6.99. The highest BCUT2D eigenvalue weighted by Gasteiger charge is 2.19. The summed E-state index contributed by atoms with van der Waals surface area (Å²) < 4.78 is 0. The number of hydrogen-bond acceptors (Lipinski definition) is 4. The minimum Gasteiger partial charge on any atom is -0.395 e. The van der Waals surface area contributed by atoms with E-state index >= 15 is 0 Å². The van der Waals surface area contributed by atoms with Crippen molar-refractivity contribution < 1.29 is 5.11 Å². The van der Waals surface area contributed by atoms with Crippen molar-refractivity contribution in [2.24, 2.45) is 4.99 Å². The lowest BCUT2D eigenvalue weighted by Gasteiger charge is -2.24. The third-order valence-electron chi connectivity index (χ3n) is 4.55. The fourth-order valence-electron chi connectivity index (χ4n) is 3.38. The largest absolute Gasteiger partial charge is 0.395 e. The Morgan fingerprint density at radius 1 is 1.04 bits per heavy atom. The fraction of sp³-hybridized carbons (Fsp3) is 0.250. The third kappa shape index (κ3) is 3.10. The smallest absolute Gasteiger partial charge is 0.194 e. The number of aliphatic hydroxyl groups is 1. The Balaban J connectivity index is 1.79. The van der Waals surface area contributed by atoms with Crippen molar-refractivity contribution in [3.8, 4) is 11.3 Å². The molecule has 0 fully saturated rings. The molecule has 128 valence electrons. The molecule has 1 aromatic heterocycles. The van der Waals surface area contributed by atoms with E-state index in [2.05, 4.69) is 62.7 Å². The highest BCUT2D eigenvalue weighted by atomic mass is 16.3. The zero-order valence-electron chi connectivity index (χ0n) is 14.1. The van der Waals surface area contributed by atoms with Crippen molar-refractivity contribution in [2.75, 3.05) is 26.2 Å². The van der Waals surface area contributed by atoms with Gasteiger partial charge in [0.15, 0.2) is 5.96 Å². The van der Waals surface area contributed by atoms with E-state index in [0.717, 1.165) is 30.3 Å². The quantitative estimate of drug-likeness (QED) is 0.672. The second-order valence-electron chi connectivity index (χ2n) is 6.17. The van der Waals surface area contributed by atoms with Gasteiger partial charge in [0.2, 0.25) is 0 Å². The molecule has 1 aliphatic heterocycles. The summed E-state index contributed by atoms with van der Waals surface area (Å²) in [5.41, 5.74) is 4.65. The van der Waals surface area contributed by atoms with Crippen molar-refractivity contribution in [1.29, 1.82) is 0 Å². The topological polar surface area (TPSA) is 63.6 Å². The van der Waals surface area contributed by atoms with Crippen molar-refractivity contribution >= 4 is 16.9 Å². The zero-order chi connectivity index (χ0) is 17.1. The summed E-state index contributed by atoms with van der Waals surface area (Å²) in [6, 6.07) is 18.7. The number of aliphatic hydroxyl groups excluding tert-OH is 1. The van der Waals surface area contributed by atoms with Crippen LogP contribution in [0.1, 0.15) is 5.56 Å². The van der Waals surface area contributed by atoms with Gasteiger partial charge < -0.3 is 20.3 Å². The highest BCUT2D eigenvalue weighted by molar-refractivity contribution is 5.91. The first-order chi connectivity index (χ1) is 12.4. The van der Waals surface area contributed by atoms with Gasteiger partial charge in [0.1, 0.15) is 0 Å². The van der Waals surface area contributed by atoms with Gasteiger partial charge in [0, 0.05) is 36.1 Å². The predicted molar refractivity (Wildman–Crippen MR) is 102 cm³/mol. The molecule has 3 aromatic rings. The van der Waals surface area contributed by atoms with Crippen LogP contribution in [0.2, 0.25) is 0 Å². The molecule has 0 spiro atoms. The van der Waals surface area contributed by atoms with Crippen LogP contribution in [0.25, 0.3) is 22.2 Å². The Labute approximate surface area is 147 Å². The first-order valence-corrected chi connectivity index (χ1v) is 8.66. The van der Waals surface area contributed by atoms with Gasteiger partial charge in [0.25, 0.3) is 0 Å². The summed E-state index contributed by atoms with van der Waals surface area (Å²) in [6.45, 7) is 3.00. The Morgan fingerprint density at radius 3 is 2.60 bits per heavy atom. The maximum absolute atomic E-state index is 9.49. The van der Waals surface area contributed by atoms with E-state index in [4.69, 9.17) is 0 Å². The van der Waals surface area contributed by atoms with E-state index in [1.165, 1.54) is 16.5 Å². The molecule has 5 heteroatoms. The van der Waals surface area contributed by atoms with Gasteiger partial charge in [-0.25, -0.2) is 0 Å². The molecule has 0 amide bonds. The number of nitrogens with zero attached hydrogens (tertiary/aromatic N) is 2. The molecule has 0 atom stereocenters. The molecule has 2 aromatic carbocycles. The Bertz CT molecular complexity index is 885. The molecule has 0 aliphatic carbocycles. The number of para-hydroxylation sites is 1. The van der Waals surface area contributed by atoms with Gasteiger partial charge in [-0.1, -0.05) is 48.5 Å². The third-order valence-corrected chi connectivity index (χ3v) is 4.55. The summed E-state index contributed by atoms with van der Waals surface area (Å²) in [4.78, 5) is 10.2. The predicted octanol–water partition coefficient (Wildman–Crippen LogP) is 2.59. The molecule has 0 unspecified atom stereocenters. The standard InChI is InChI=1S/C20H22N4O/c25-13-12-24(20-21-10-11-22-20)14-17-16-8-4-5-9-18(16)23-19(17)15-6-2-1-3-7-15/h1-9,23,25H,10-14H2,(H,21,22). The van der Waals surface area contributed by atoms with Crippen molar-refractivity contribution in [3.63, 3.8) is 0 Å². The lowest BCUT2D eigenvalue weighted by Crippen LogP contribution is -2.40. The summed E-state index contributed by atoms with van der Waals surface area (Å²) in [7, 11) is 0. The number of rotatable bonds is 5. The van der Waals surface area contributed by atoms with E-state index in [1.807, 2.05) is 12.1 Å². The molecule has 25 heavy (non-hydrogen) atoms. The molecule has 0 saturated carbocycles. The number of aromatic amines is 1. The van der Waals surface area contributed by atoms with E-state index in [0.29, 0.717) is 13.1 Å². The van der Waals surface area contributed by atoms with Crippen LogP contribution in [-0.4, -0.2) is 47.2 Å². The lowest BCUT2D eigenvalue weighted by molar-refractivity contribution is 0.244. The van der Waals surface area contributed by atoms with Gasteiger partial charge in [-0.15, -0.1) is 0 Å². The minimum atomic E-state index is 0.101. The number of benzene rings is 2. The summed E-state index contributed by atoms with van der Waals surface area (Å²) >= 11 is 0. The second-order valence-corrected chi connectivity index (χ2v) is 6.17. The van der Waals surface area contributed by atoms with E-state index in [9.17, 15) is 5.11 Å². The van der Waals surface area contributed by atoms with Gasteiger partial charge in [-0.2, -0.15) is 0 Å². The van der Waals surface area contributed by atoms with Gasteiger partial charge in [-0.05, 0) is 11.6 Å². The van der Waals surface area contributed by atoms with Crippen molar-refractivity contribution in [2.45, 2.75) is 6.54 Å². The van der Waals surface area contributed by atoms with Crippen LogP contribution < -0.4 is 5.32 Å². The first-order valence-electron chi connectivity index (χ1n) is 8.66. The van der Waals surface area contributed by atoms with Crippen LogP contribution in [0.4, 0.5) is 0 Å². The molecular formula is C20H22N4O. The number of H-pyrrole nitrogens is 1. The maximum atomic E-state index is 9.49. The van der Waals surface area contributed by atoms with Crippen LogP contribution in [0.15, 0.2) is 59.6 Å². The number of nitrogens with one attached hydrogen (secondary N) is 2. The molecule has 0 saturated heterocycles. The molecule has 1 aliphatic rings. The zero-order valence-corrected chi connectivity index (χ0v) is 14.1. The first kappa shape index (κ1) is 15.7. The van der Waals surface area contributed by atoms with Crippen molar-refractivity contribution in [1.82, 2.24) is 15.2 Å². The normalized spacial score (nSPS) is 13.7. The summed E-state index contributed by atoms with van der Waals surface area (Å²) in [5, 5.41) is 14.0. The molecule has 0 bridgehead atoms. The molecule has 2 heterocycles. The highest BCUT2D eigenvalue weighted by Crippen LogP contribution is 2.31. The average molecular weight is 334 g/mol. The van der Waals surface area contributed by atoms with Crippen LogP contribution in [0.3, 0.4) is 0 Å². The molecule has 0 radical (unpaired) electrons. The SMILES string of the molecule is OCCN(Cc1c(-c2ccccc2)[nH]c2ccccc12)C1=NCCN1. The van der Waals surface area contributed by atoms with Gasteiger partial charge in [-0.3, -0.25) is 4.99 Å². The molecule has 5 nitrogen and oxygen atoms in total. The van der Waals surface area contributed by atoms with Crippen LogP contribution in [0, 0.1) is 0 Å². The number of aromatic nitrogens is 1. The van der Waals surface area contributed by atoms with Crippen LogP contribution in [-0.2, 0) is 6.54 Å². The Kier molecular flexibility index (Phi) is 4.39. The Morgan fingerprint density at radius 2 is 1.84 bits per heavy atom. The van der Waals surface area contributed by atoms with E-state index < -0.39 is 0 Å². The van der Waals surface area contributed by atoms with Gasteiger partial charge in [0.05, 0.1) is 18.8 Å². The number of hydrogen-bond donors (Lipinski definition) is 3. The van der Waals surface area contributed by atoms with E-state index in [-0.39, 0.29) is 6.61 Å². The number of aliphatic imine (C=N–C) groups is 1. The van der Waals surface area contributed by atoms with Crippen LogP contribution in [0.5, 0.6) is 0 Å². The number of fused-ring (bicyclic) bond motifs is 1. The van der Waals surface area contributed by atoms with Gasteiger partial charge >= 0.3 is 0 Å².